The Morgan fingerprint density at radius 2 is 2.06 bits per heavy atom. The Labute approximate surface area is 118 Å². The lowest BCUT2D eigenvalue weighted by Crippen LogP contribution is -2.31. The van der Waals surface area contributed by atoms with Gasteiger partial charge in [0, 0.05) is 12.6 Å². The smallest absolute Gasteiger partial charge is 0.172 e. The van der Waals surface area contributed by atoms with Gasteiger partial charge in [-0.15, -0.1) is 0 Å². The van der Waals surface area contributed by atoms with Crippen LogP contribution in [0.1, 0.15) is 32.8 Å². The number of methoxy groups -OCH3 is 1. The molecule has 1 aromatic rings. The zero-order chi connectivity index (χ0) is 13.7. The molecule has 0 aliphatic carbocycles. The molecule has 0 amide bonds. The second-order valence-electron chi connectivity index (χ2n) is 4.68. The topological polar surface area (TPSA) is 41.5 Å². The number of nitrogens with one attached hydrogen (secondary N) is 1. The second kappa shape index (κ2) is 7.00. The normalized spacial score (nSPS) is 14.3. The van der Waals surface area contributed by atoms with E-state index in [9.17, 15) is 5.11 Å². The van der Waals surface area contributed by atoms with Gasteiger partial charge in [0.1, 0.15) is 0 Å². The first-order chi connectivity index (χ1) is 8.49. The molecule has 0 radical (unpaired) electrons. The lowest BCUT2D eigenvalue weighted by atomic mass is 10.0. The van der Waals surface area contributed by atoms with E-state index >= 15 is 0 Å². The van der Waals surface area contributed by atoms with Crippen LogP contribution in [0.15, 0.2) is 16.6 Å². The fourth-order valence-corrected chi connectivity index (χ4v) is 2.21. The largest absolute Gasteiger partial charge is 0.503 e. The maximum absolute atomic E-state index is 9.73. The summed E-state index contributed by atoms with van der Waals surface area (Å²) in [5.41, 5.74) is 1.09. The van der Waals surface area contributed by atoms with Crippen LogP contribution in [0.4, 0.5) is 0 Å². The molecule has 0 saturated heterocycles. The van der Waals surface area contributed by atoms with Gasteiger partial charge in [0.25, 0.3) is 0 Å². The molecule has 0 heterocycles. The van der Waals surface area contributed by atoms with Crippen LogP contribution in [0.2, 0.25) is 0 Å². The van der Waals surface area contributed by atoms with Crippen LogP contribution in [-0.4, -0.2) is 18.3 Å². The van der Waals surface area contributed by atoms with Crippen LogP contribution in [0.5, 0.6) is 11.5 Å². The molecule has 18 heavy (non-hydrogen) atoms. The highest BCUT2D eigenvalue weighted by atomic mass is 79.9. The summed E-state index contributed by atoms with van der Waals surface area (Å²) in [4.78, 5) is 0. The summed E-state index contributed by atoms with van der Waals surface area (Å²) in [6.45, 7) is 7.40. The highest BCUT2D eigenvalue weighted by molar-refractivity contribution is 9.10. The molecule has 1 rings (SSSR count). The minimum atomic E-state index is 0.149. The van der Waals surface area contributed by atoms with E-state index in [1.54, 1.807) is 7.11 Å². The van der Waals surface area contributed by atoms with Crippen LogP contribution in [0, 0.1) is 5.92 Å². The third-order valence-corrected chi connectivity index (χ3v) is 4.04. The predicted molar refractivity (Wildman–Crippen MR) is 78.1 cm³/mol. The Balaban J connectivity index is 2.71. The van der Waals surface area contributed by atoms with Crippen molar-refractivity contribution >= 4 is 15.9 Å². The Morgan fingerprint density at radius 1 is 1.39 bits per heavy atom. The van der Waals surface area contributed by atoms with E-state index in [0.717, 1.165) is 18.5 Å². The summed E-state index contributed by atoms with van der Waals surface area (Å²) < 4.78 is 5.80. The summed E-state index contributed by atoms with van der Waals surface area (Å²) in [5.74, 6) is 1.29. The van der Waals surface area contributed by atoms with Gasteiger partial charge in [0.2, 0.25) is 0 Å². The molecule has 0 saturated carbocycles. The minimum absolute atomic E-state index is 0.149. The molecular weight excluding hydrogens is 294 g/mol. The van der Waals surface area contributed by atoms with Crippen molar-refractivity contribution in [3.05, 3.63) is 22.2 Å². The molecule has 0 bridgehead atoms. The van der Waals surface area contributed by atoms with Crippen LogP contribution >= 0.6 is 15.9 Å². The third-order valence-electron chi connectivity index (χ3n) is 3.43. The Kier molecular flexibility index (Phi) is 5.96. The van der Waals surface area contributed by atoms with Crippen molar-refractivity contribution in [1.82, 2.24) is 5.32 Å². The van der Waals surface area contributed by atoms with Crippen molar-refractivity contribution in [2.45, 2.75) is 39.8 Å². The van der Waals surface area contributed by atoms with Crippen LogP contribution in [0.3, 0.4) is 0 Å². The van der Waals surface area contributed by atoms with Crippen LogP contribution in [0.25, 0.3) is 0 Å². The van der Waals surface area contributed by atoms with E-state index in [1.807, 2.05) is 12.1 Å². The van der Waals surface area contributed by atoms with E-state index in [-0.39, 0.29) is 5.75 Å². The number of phenols is 1. The first-order valence-electron chi connectivity index (χ1n) is 6.28. The van der Waals surface area contributed by atoms with Crippen molar-refractivity contribution in [2.24, 2.45) is 5.92 Å². The van der Waals surface area contributed by atoms with Crippen molar-refractivity contribution in [1.29, 1.82) is 0 Å². The van der Waals surface area contributed by atoms with Gasteiger partial charge >= 0.3 is 0 Å². The summed E-state index contributed by atoms with van der Waals surface area (Å²) in [5, 5.41) is 13.2. The molecule has 3 nitrogen and oxygen atoms in total. The van der Waals surface area contributed by atoms with Gasteiger partial charge in [-0.3, -0.25) is 0 Å². The van der Waals surface area contributed by atoms with E-state index in [0.29, 0.717) is 22.2 Å². The molecule has 2 N–H and O–H groups in total. The standard InChI is InChI=1S/C14H22BrNO2/c1-5-9(2)10(3)16-8-11-6-12(15)14(17)13(7-11)18-4/h6-7,9-10,16-17H,5,8H2,1-4H3. The monoisotopic (exact) mass is 315 g/mol. The molecule has 2 unspecified atom stereocenters. The van der Waals surface area contributed by atoms with E-state index < -0.39 is 0 Å². The molecule has 0 aromatic heterocycles. The van der Waals surface area contributed by atoms with Crippen molar-refractivity contribution in [2.75, 3.05) is 7.11 Å². The Morgan fingerprint density at radius 3 is 2.61 bits per heavy atom. The summed E-state index contributed by atoms with van der Waals surface area (Å²) in [6, 6.07) is 4.23. The zero-order valence-corrected chi connectivity index (χ0v) is 13.0. The summed E-state index contributed by atoms with van der Waals surface area (Å²) in [7, 11) is 1.56. The average Bonchev–Trinajstić information content (AvgIpc) is 2.38. The van der Waals surface area contributed by atoms with Crippen LogP contribution < -0.4 is 10.1 Å². The number of aromatic hydroxyl groups is 1. The predicted octanol–water partition coefficient (Wildman–Crippen LogP) is 3.69. The lowest BCUT2D eigenvalue weighted by Gasteiger charge is -2.20. The third kappa shape index (κ3) is 3.89. The molecule has 1 aromatic carbocycles. The van der Waals surface area contributed by atoms with Crippen molar-refractivity contribution in [3.8, 4) is 11.5 Å². The first kappa shape index (κ1) is 15.3. The maximum Gasteiger partial charge on any atom is 0.172 e. The molecule has 0 aliphatic rings. The highest BCUT2D eigenvalue weighted by Crippen LogP contribution is 2.35. The number of halogens is 1. The molecule has 0 spiro atoms. The number of benzene rings is 1. The first-order valence-corrected chi connectivity index (χ1v) is 7.07. The molecular formula is C14H22BrNO2. The van der Waals surface area contributed by atoms with Gasteiger partial charge in [0.05, 0.1) is 11.6 Å². The van der Waals surface area contributed by atoms with Gasteiger partial charge in [0.15, 0.2) is 11.5 Å². The minimum Gasteiger partial charge on any atom is -0.503 e. The van der Waals surface area contributed by atoms with Gasteiger partial charge < -0.3 is 15.2 Å². The fraction of sp³-hybridized carbons (Fsp3) is 0.571. The molecule has 4 heteroatoms. The molecule has 102 valence electrons. The second-order valence-corrected chi connectivity index (χ2v) is 5.54. The summed E-state index contributed by atoms with van der Waals surface area (Å²) >= 11 is 3.33. The number of hydrogen-bond donors (Lipinski definition) is 2. The van der Waals surface area contributed by atoms with Crippen molar-refractivity contribution in [3.63, 3.8) is 0 Å². The lowest BCUT2D eigenvalue weighted by molar-refractivity contribution is 0.369. The maximum atomic E-state index is 9.73. The number of ether oxygens (including phenoxy) is 1. The Bertz CT molecular complexity index is 396. The number of phenolic OH excluding ortho intramolecular Hbond substituents is 1. The van der Waals surface area contributed by atoms with E-state index in [2.05, 4.69) is 42.0 Å². The van der Waals surface area contributed by atoms with Gasteiger partial charge in [-0.2, -0.15) is 0 Å². The highest BCUT2D eigenvalue weighted by Gasteiger charge is 2.11. The van der Waals surface area contributed by atoms with Gasteiger partial charge in [-0.25, -0.2) is 0 Å². The van der Waals surface area contributed by atoms with Crippen LogP contribution in [-0.2, 0) is 6.54 Å². The quantitative estimate of drug-likeness (QED) is 0.841. The number of rotatable bonds is 6. The summed E-state index contributed by atoms with van der Waals surface area (Å²) in [6.07, 6.45) is 1.16. The molecule has 0 aliphatic heterocycles. The average molecular weight is 316 g/mol. The molecule has 0 fully saturated rings. The van der Waals surface area contributed by atoms with Gasteiger partial charge in [-0.05, 0) is 46.5 Å². The SMILES string of the molecule is CCC(C)C(C)NCc1cc(Br)c(O)c(OC)c1. The zero-order valence-electron chi connectivity index (χ0n) is 11.5. The van der Waals surface area contributed by atoms with Gasteiger partial charge in [-0.1, -0.05) is 20.3 Å². The Hall–Kier alpha value is -0.740. The van der Waals surface area contributed by atoms with E-state index in [4.69, 9.17) is 4.74 Å². The van der Waals surface area contributed by atoms with Crippen molar-refractivity contribution < 1.29 is 9.84 Å². The molecule has 2 atom stereocenters. The number of hydrogen-bond acceptors (Lipinski definition) is 3. The van der Waals surface area contributed by atoms with E-state index in [1.165, 1.54) is 0 Å². The fourth-order valence-electron chi connectivity index (χ4n) is 1.72.